The van der Waals surface area contributed by atoms with E-state index >= 15 is 0 Å². The topological polar surface area (TPSA) is 20.2 Å². The maximum absolute atomic E-state index is 13.0. The molecular formula is C14H10ClF3O. The van der Waals surface area contributed by atoms with Gasteiger partial charge in [0.05, 0.1) is 12.2 Å². The van der Waals surface area contributed by atoms with Crippen molar-refractivity contribution in [3.05, 3.63) is 58.6 Å². The Balaban J connectivity index is 2.66. The van der Waals surface area contributed by atoms with Crippen molar-refractivity contribution in [1.29, 1.82) is 0 Å². The quantitative estimate of drug-likeness (QED) is 0.861. The van der Waals surface area contributed by atoms with Crippen LogP contribution in [0.1, 0.15) is 11.1 Å². The van der Waals surface area contributed by atoms with Crippen LogP contribution in [0, 0.1) is 0 Å². The molecule has 19 heavy (non-hydrogen) atoms. The highest BCUT2D eigenvalue weighted by molar-refractivity contribution is 6.30. The molecule has 0 aliphatic heterocycles. The molecule has 0 amide bonds. The number of halogens is 4. The first-order chi connectivity index (χ1) is 8.93. The summed E-state index contributed by atoms with van der Waals surface area (Å²) in [5, 5.41) is 9.63. The molecular weight excluding hydrogens is 277 g/mol. The average molecular weight is 287 g/mol. The summed E-state index contributed by atoms with van der Waals surface area (Å²) < 4.78 is 38.9. The molecule has 0 spiro atoms. The van der Waals surface area contributed by atoms with Gasteiger partial charge in [-0.25, -0.2) is 0 Å². The summed E-state index contributed by atoms with van der Waals surface area (Å²) in [4.78, 5) is 0. The molecule has 0 unspecified atom stereocenters. The first-order valence-electron chi connectivity index (χ1n) is 5.49. The Labute approximate surface area is 113 Å². The molecule has 5 heteroatoms. The standard InChI is InChI=1S/C14H10ClF3O/c15-10-5-6-11(9(7-10)8-19)12-3-1-2-4-13(12)14(16,17)18/h1-7,19H,8H2. The van der Waals surface area contributed by atoms with E-state index in [1.807, 2.05) is 0 Å². The molecule has 0 saturated heterocycles. The summed E-state index contributed by atoms with van der Waals surface area (Å²) in [5.41, 5.74) is 0.00626. The van der Waals surface area contributed by atoms with E-state index < -0.39 is 11.7 Å². The molecule has 1 N–H and O–H groups in total. The van der Waals surface area contributed by atoms with Gasteiger partial charge in [-0.05, 0) is 34.9 Å². The Hall–Kier alpha value is -1.52. The Morgan fingerprint density at radius 3 is 2.32 bits per heavy atom. The third kappa shape index (κ3) is 2.91. The zero-order chi connectivity index (χ0) is 14.0. The average Bonchev–Trinajstić information content (AvgIpc) is 2.37. The van der Waals surface area contributed by atoms with Gasteiger partial charge in [-0.1, -0.05) is 35.9 Å². The predicted octanol–water partition coefficient (Wildman–Crippen LogP) is 4.52. The zero-order valence-corrected chi connectivity index (χ0v) is 10.5. The lowest BCUT2D eigenvalue weighted by atomic mass is 9.95. The van der Waals surface area contributed by atoms with Crippen LogP contribution in [0.25, 0.3) is 11.1 Å². The minimum Gasteiger partial charge on any atom is -0.392 e. The molecule has 0 aliphatic carbocycles. The highest BCUT2D eigenvalue weighted by Crippen LogP contribution is 2.38. The van der Waals surface area contributed by atoms with Crippen LogP contribution in [0.5, 0.6) is 0 Å². The van der Waals surface area contributed by atoms with E-state index in [2.05, 4.69) is 0 Å². The first-order valence-corrected chi connectivity index (χ1v) is 5.87. The molecule has 2 aromatic carbocycles. The van der Waals surface area contributed by atoms with Gasteiger partial charge in [-0.2, -0.15) is 13.2 Å². The zero-order valence-electron chi connectivity index (χ0n) is 9.71. The van der Waals surface area contributed by atoms with Crippen molar-refractivity contribution in [3.63, 3.8) is 0 Å². The molecule has 0 aliphatic rings. The van der Waals surface area contributed by atoms with E-state index in [4.69, 9.17) is 11.6 Å². The number of alkyl halides is 3. The Bertz CT molecular complexity index is 593. The minimum absolute atomic E-state index is 0.0377. The molecule has 2 rings (SSSR count). The van der Waals surface area contributed by atoms with Crippen LogP contribution >= 0.6 is 11.6 Å². The van der Waals surface area contributed by atoms with Crippen molar-refractivity contribution in [3.8, 4) is 11.1 Å². The molecule has 0 aromatic heterocycles. The summed E-state index contributed by atoms with van der Waals surface area (Å²) in [7, 11) is 0. The molecule has 0 fully saturated rings. The third-order valence-electron chi connectivity index (χ3n) is 2.76. The van der Waals surface area contributed by atoms with E-state index in [0.717, 1.165) is 6.07 Å². The van der Waals surface area contributed by atoms with Crippen molar-refractivity contribution in [2.24, 2.45) is 0 Å². The second kappa shape index (κ2) is 5.23. The summed E-state index contributed by atoms with van der Waals surface area (Å²) >= 11 is 5.78. The van der Waals surface area contributed by atoms with Crippen LogP contribution < -0.4 is 0 Å². The van der Waals surface area contributed by atoms with E-state index in [1.54, 1.807) is 0 Å². The molecule has 0 bridgehead atoms. The van der Waals surface area contributed by atoms with Gasteiger partial charge in [0, 0.05) is 5.02 Å². The SMILES string of the molecule is OCc1cc(Cl)ccc1-c1ccccc1C(F)(F)F. The van der Waals surface area contributed by atoms with E-state index in [0.29, 0.717) is 16.1 Å². The summed E-state index contributed by atoms with van der Waals surface area (Å²) in [5.74, 6) is 0. The fourth-order valence-corrected chi connectivity index (χ4v) is 2.12. The highest BCUT2D eigenvalue weighted by Gasteiger charge is 2.33. The van der Waals surface area contributed by atoms with Crippen LogP contribution in [0.4, 0.5) is 13.2 Å². The van der Waals surface area contributed by atoms with Gasteiger partial charge in [-0.3, -0.25) is 0 Å². The largest absolute Gasteiger partial charge is 0.417 e. The number of rotatable bonds is 2. The number of aliphatic hydroxyl groups excluding tert-OH is 1. The van der Waals surface area contributed by atoms with E-state index in [-0.39, 0.29) is 12.2 Å². The molecule has 0 radical (unpaired) electrons. The van der Waals surface area contributed by atoms with Gasteiger partial charge in [0.15, 0.2) is 0 Å². The van der Waals surface area contributed by atoms with Crippen LogP contribution in [0.15, 0.2) is 42.5 Å². The normalized spacial score (nSPS) is 11.6. The van der Waals surface area contributed by atoms with Gasteiger partial charge in [0.2, 0.25) is 0 Å². The fraction of sp³-hybridized carbons (Fsp3) is 0.143. The maximum Gasteiger partial charge on any atom is 0.417 e. The van der Waals surface area contributed by atoms with E-state index in [9.17, 15) is 18.3 Å². The molecule has 1 nitrogen and oxygen atoms in total. The van der Waals surface area contributed by atoms with Gasteiger partial charge in [0.1, 0.15) is 0 Å². The van der Waals surface area contributed by atoms with Crippen LogP contribution in [-0.4, -0.2) is 5.11 Å². The van der Waals surface area contributed by atoms with Crippen molar-refractivity contribution < 1.29 is 18.3 Å². The lowest BCUT2D eigenvalue weighted by Gasteiger charge is -2.15. The molecule has 2 aromatic rings. The minimum atomic E-state index is -4.44. The van der Waals surface area contributed by atoms with Crippen LogP contribution in [0.2, 0.25) is 5.02 Å². The van der Waals surface area contributed by atoms with Crippen LogP contribution in [-0.2, 0) is 12.8 Å². The molecule has 0 heterocycles. The first kappa shape index (κ1) is 13.9. The smallest absolute Gasteiger partial charge is 0.392 e. The Morgan fingerprint density at radius 1 is 1.00 bits per heavy atom. The summed E-state index contributed by atoms with van der Waals surface area (Å²) in [6.45, 7) is -0.373. The molecule has 0 atom stereocenters. The van der Waals surface area contributed by atoms with Crippen molar-refractivity contribution in [2.45, 2.75) is 12.8 Å². The lowest BCUT2D eigenvalue weighted by molar-refractivity contribution is -0.137. The Kier molecular flexibility index (Phi) is 3.83. The molecule has 0 saturated carbocycles. The second-order valence-corrected chi connectivity index (χ2v) is 4.44. The second-order valence-electron chi connectivity index (χ2n) is 4.00. The predicted molar refractivity (Wildman–Crippen MR) is 67.8 cm³/mol. The number of benzene rings is 2. The van der Waals surface area contributed by atoms with Crippen LogP contribution in [0.3, 0.4) is 0 Å². The van der Waals surface area contributed by atoms with Gasteiger partial charge >= 0.3 is 6.18 Å². The summed E-state index contributed by atoms with van der Waals surface area (Å²) in [6.07, 6.45) is -4.44. The highest BCUT2D eigenvalue weighted by atomic mass is 35.5. The Morgan fingerprint density at radius 2 is 1.68 bits per heavy atom. The van der Waals surface area contributed by atoms with Crippen molar-refractivity contribution in [2.75, 3.05) is 0 Å². The monoisotopic (exact) mass is 286 g/mol. The van der Waals surface area contributed by atoms with Crippen molar-refractivity contribution >= 4 is 11.6 Å². The van der Waals surface area contributed by atoms with Gasteiger partial charge in [0.25, 0.3) is 0 Å². The van der Waals surface area contributed by atoms with E-state index in [1.165, 1.54) is 36.4 Å². The van der Waals surface area contributed by atoms with Gasteiger partial charge in [-0.15, -0.1) is 0 Å². The number of aliphatic hydroxyl groups is 1. The molecule has 100 valence electrons. The third-order valence-corrected chi connectivity index (χ3v) is 3.00. The fourth-order valence-electron chi connectivity index (χ4n) is 1.92. The summed E-state index contributed by atoms with van der Waals surface area (Å²) in [6, 6.07) is 9.71. The van der Waals surface area contributed by atoms with Gasteiger partial charge < -0.3 is 5.11 Å². The number of hydrogen-bond donors (Lipinski definition) is 1. The van der Waals surface area contributed by atoms with Crippen molar-refractivity contribution in [1.82, 2.24) is 0 Å². The lowest BCUT2D eigenvalue weighted by Crippen LogP contribution is -2.07. The number of hydrogen-bond acceptors (Lipinski definition) is 1. The maximum atomic E-state index is 13.0.